The second kappa shape index (κ2) is 3.55. The number of aryl methyl sites for hydroxylation is 1. The summed E-state index contributed by atoms with van der Waals surface area (Å²) in [6.45, 7) is 1.98. The number of allylic oxidation sites excluding steroid dienone is 2. The van der Waals surface area contributed by atoms with Crippen LogP contribution in [-0.4, -0.2) is 5.11 Å². The summed E-state index contributed by atoms with van der Waals surface area (Å²) in [5.74, 6) is 2.40. The van der Waals surface area contributed by atoms with Gasteiger partial charge in [0, 0.05) is 18.4 Å². The molecule has 2 nitrogen and oxygen atoms in total. The molecule has 0 saturated carbocycles. The molecule has 1 aromatic carbocycles. The van der Waals surface area contributed by atoms with Crippen LogP contribution in [0.5, 0.6) is 11.5 Å². The Hall–Kier alpha value is -1.44. The highest BCUT2D eigenvalue weighted by atomic mass is 16.5. The molecule has 0 saturated heterocycles. The molecule has 84 valence electrons. The van der Waals surface area contributed by atoms with E-state index in [9.17, 15) is 5.11 Å². The lowest BCUT2D eigenvalue weighted by atomic mass is 9.89. The van der Waals surface area contributed by atoms with Crippen LogP contribution in [0.3, 0.4) is 0 Å². The summed E-state index contributed by atoms with van der Waals surface area (Å²) in [4.78, 5) is 0. The number of ether oxygens (including phenoxy) is 1. The zero-order valence-corrected chi connectivity index (χ0v) is 9.55. The first-order chi connectivity index (χ1) is 7.74. The molecular formula is C14H16O2. The monoisotopic (exact) mass is 216 g/mol. The van der Waals surface area contributed by atoms with Crippen LogP contribution >= 0.6 is 0 Å². The minimum atomic E-state index is 0.382. The largest absolute Gasteiger partial charge is 0.508 e. The molecule has 2 heteroatoms. The average Bonchev–Trinajstić information content (AvgIpc) is 2.27. The highest BCUT2D eigenvalue weighted by molar-refractivity contribution is 5.52. The smallest absolute Gasteiger partial charge is 0.134 e. The van der Waals surface area contributed by atoms with Crippen LogP contribution in [0.25, 0.3) is 0 Å². The van der Waals surface area contributed by atoms with Gasteiger partial charge < -0.3 is 9.84 Å². The van der Waals surface area contributed by atoms with Crippen molar-refractivity contribution in [3.63, 3.8) is 0 Å². The molecule has 0 unspecified atom stereocenters. The Labute approximate surface area is 95.6 Å². The fraction of sp³-hybridized carbons (Fsp3) is 0.429. The van der Waals surface area contributed by atoms with Crippen molar-refractivity contribution in [3.05, 3.63) is 34.6 Å². The highest BCUT2D eigenvalue weighted by Gasteiger charge is 2.24. The van der Waals surface area contributed by atoms with Gasteiger partial charge in [0.1, 0.15) is 17.3 Å². The van der Waals surface area contributed by atoms with Gasteiger partial charge in [0.2, 0.25) is 0 Å². The zero-order valence-electron chi connectivity index (χ0n) is 9.55. The van der Waals surface area contributed by atoms with Crippen LogP contribution in [-0.2, 0) is 6.42 Å². The van der Waals surface area contributed by atoms with Crippen molar-refractivity contribution in [2.45, 2.75) is 39.0 Å². The van der Waals surface area contributed by atoms with E-state index in [0.29, 0.717) is 5.75 Å². The number of hydrogen-bond acceptors (Lipinski definition) is 2. The van der Waals surface area contributed by atoms with E-state index in [1.807, 2.05) is 19.1 Å². The summed E-state index contributed by atoms with van der Waals surface area (Å²) in [6, 6.07) is 3.84. The van der Waals surface area contributed by atoms with Gasteiger partial charge >= 0.3 is 0 Å². The van der Waals surface area contributed by atoms with E-state index in [1.165, 1.54) is 18.4 Å². The van der Waals surface area contributed by atoms with Gasteiger partial charge in [-0.2, -0.15) is 0 Å². The second-order valence-corrected chi connectivity index (χ2v) is 4.77. The Balaban J connectivity index is 2.04. The Bertz CT molecular complexity index is 472. The summed E-state index contributed by atoms with van der Waals surface area (Å²) in [5.41, 5.74) is 3.40. The molecule has 0 atom stereocenters. The maximum atomic E-state index is 9.92. The van der Waals surface area contributed by atoms with Crippen LogP contribution in [0.1, 0.15) is 36.8 Å². The van der Waals surface area contributed by atoms with Crippen LogP contribution in [0.4, 0.5) is 0 Å². The van der Waals surface area contributed by atoms with E-state index >= 15 is 0 Å². The number of hydrogen-bond donors (Lipinski definition) is 1. The highest BCUT2D eigenvalue weighted by Crippen LogP contribution is 2.41. The van der Waals surface area contributed by atoms with Crippen molar-refractivity contribution in [3.8, 4) is 11.5 Å². The molecule has 0 amide bonds. The van der Waals surface area contributed by atoms with Gasteiger partial charge in [-0.1, -0.05) is 0 Å². The molecule has 0 fully saturated rings. The van der Waals surface area contributed by atoms with E-state index < -0.39 is 0 Å². The second-order valence-electron chi connectivity index (χ2n) is 4.77. The summed E-state index contributed by atoms with van der Waals surface area (Å²) in [6.07, 6.45) is 5.54. The van der Waals surface area contributed by atoms with Gasteiger partial charge in [-0.3, -0.25) is 0 Å². The molecule has 1 aromatic rings. The van der Waals surface area contributed by atoms with E-state index in [2.05, 4.69) is 0 Å². The van der Waals surface area contributed by atoms with Crippen molar-refractivity contribution >= 4 is 0 Å². The lowest BCUT2D eigenvalue weighted by molar-refractivity contribution is 0.350. The first kappa shape index (κ1) is 9.76. The summed E-state index contributed by atoms with van der Waals surface area (Å²) >= 11 is 0. The molecule has 0 radical (unpaired) electrons. The summed E-state index contributed by atoms with van der Waals surface area (Å²) in [7, 11) is 0. The molecule has 1 heterocycles. The number of phenolic OH excluding ortho intramolecular Hbond substituents is 1. The van der Waals surface area contributed by atoms with Crippen molar-refractivity contribution in [1.29, 1.82) is 0 Å². The minimum absolute atomic E-state index is 0.382. The van der Waals surface area contributed by atoms with Crippen molar-refractivity contribution < 1.29 is 9.84 Å². The maximum Gasteiger partial charge on any atom is 0.134 e. The van der Waals surface area contributed by atoms with Crippen LogP contribution in [0.2, 0.25) is 0 Å². The summed E-state index contributed by atoms with van der Waals surface area (Å²) < 4.78 is 5.92. The zero-order chi connectivity index (χ0) is 11.1. The third kappa shape index (κ3) is 1.49. The fourth-order valence-corrected chi connectivity index (χ4v) is 2.63. The number of rotatable bonds is 0. The summed E-state index contributed by atoms with van der Waals surface area (Å²) in [5, 5.41) is 9.92. The standard InChI is InChI=1S/C14H16O2/c1-9-6-12(15)11-8-10-4-2-3-5-13(10)16-14(11)7-9/h6-7,15H,2-5,8H2,1H3. The number of benzene rings is 1. The van der Waals surface area contributed by atoms with E-state index in [1.54, 1.807) is 0 Å². The van der Waals surface area contributed by atoms with E-state index in [0.717, 1.165) is 41.9 Å². The number of fused-ring (bicyclic) bond motifs is 1. The molecule has 16 heavy (non-hydrogen) atoms. The van der Waals surface area contributed by atoms with Crippen LogP contribution in [0, 0.1) is 6.92 Å². The number of phenols is 1. The molecule has 3 rings (SSSR count). The van der Waals surface area contributed by atoms with E-state index in [4.69, 9.17) is 4.74 Å². The molecule has 1 aliphatic carbocycles. The Morgan fingerprint density at radius 1 is 1.19 bits per heavy atom. The predicted octanol–water partition coefficient (Wildman–Crippen LogP) is 3.46. The lowest BCUT2D eigenvalue weighted by Gasteiger charge is -2.27. The van der Waals surface area contributed by atoms with Crippen molar-refractivity contribution in [1.82, 2.24) is 0 Å². The molecule has 0 spiro atoms. The Morgan fingerprint density at radius 3 is 2.88 bits per heavy atom. The first-order valence-corrected chi connectivity index (χ1v) is 5.95. The molecular weight excluding hydrogens is 200 g/mol. The SMILES string of the molecule is Cc1cc(O)c2c(c1)OC1=C(CCCC1)C2. The predicted molar refractivity (Wildman–Crippen MR) is 62.7 cm³/mol. The van der Waals surface area contributed by atoms with Gasteiger partial charge in [0.05, 0.1) is 0 Å². The number of aromatic hydroxyl groups is 1. The molecule has 0 aromatic heterocycles. The van der Waals surface area contributed by atoms with Crippen LogP contribution in [0.15, 0.2) is 23.5 Å². The van der Waals surface area contributed by atoms with Gasteiger partial charge in [-0.15, -0.1) is 0 Å². The molecule has 1 N–H and O–H groups in total. The third-order valence-electron chi connectivity index (χ3n) is 3.48. The van der Waals surface area contributed by atoms with E-state index in [-0.39, 0.29) is 0 Å². The average molecular weight is 216 g/mol. The maximum absolute atomic E-state index is 9.92. The van der Waals surface area contributed by atoms with Crippen LogP contribution < -0.4 is 4.74 Å². The van der Waals surface area contributed by atoms with Gasteiger partial charge in [0.15, 0.2) is 0 Å². The van der Waals surface area contributed by atoms with Gasteiger partial charge in [-0.05, 0) is 49.5 Å². The molecule has 1 aliphatic heterocycles. The van der Waals surface area contributed by atoms with Gasteiger partial charge in [0.25, 0.3) is 0 Å². The molecule has 2 aliphatic rings. The quantitative estimate of drug-likeness (QED) is 0.719. The fourth-order valence-electron chi connectivity index (χ4n) is 2.63. The minimum Gasteiger partial charge on any atom is -0.508 e. The van der Waals surface area contributed by atoms with Crippen molar-refractivity contribution in [2.75, 3.05) is 0 Å². The topological polar surface area (TPSA) is 29.5 Å². The Morgan fingerprint density at radius 2 is 2.00 bits per heavy atom. The van der Waals surface area contributed by atoms with Gasteiger partial charge in [-0.25, -0.2) is 0 Å². The lowest BCUT2D eigenvalue weighted by Crippen LogP contribution is -2.14. The first-order valence-electron chi connectivity index (χ1n) is 5.95. The Kier molecular flexibility index (Phi) is 2.16. The third-order valence-corrected chi connectivity index (χ3v) is 3.48. The normalized spacial score (nSPS) is 18.8. The van der Waals surface area contributed by atoms with Crippen molar-refractivity contribution in [2.24, 2.45) is 0 Å². The molecule has 0 bridgehead atoms.